The molecule has 0 bridgehead atoms. The third-order valence-corrected chi connectivity index (χ3v) is 6.70. The molecule has 1 amide bonds. The Morgan fingerprint density at radius 1 is 1.11 bits per heavy atom. The second-order valence-corrected chi connectivity index (χ2v) is 8.71. The van der Waals surface area contributed by atoms with Crippen LogP contribution in [0.4, 0.5) is 0 Å². The fraction of sp³-hybridized carbons (Fsp3) is 0.500. The monoisotopic (exact) mass is 381 g/mol. The van der Waals surface area contributed by atoms with Gasteiger partial charge >= 0.3 is 0 Å². The molecule has 0 unspecified atom stereocenters. The maximum Gasteiger partial charge on any atom is 0.233 e. The van der Waals surface area contributed by atoms with Crippen LogP contribution in [-0.4, -0.2) is 39.6 Å². The predicted octanol–water partition coefficient (Wildman–Crippen LogP) is 4.58. The standard InChI is InChI=1S/C22H27N3OS/c1-16-13-20(18-8-3-2-4-9-18)24-22(23-16)27-15-21(26)25-12-11-17-7-5-6-10-19(17)14-25/h2-4,8-9,13,17,19H,5-7,10-12,14-15H2,1H3/t17-,19+/m1/s1. The van der Waals surface area contributed by atoms with E-state index in [-0.39, 0.29) is 5.91 Å². The quantitative estimate of drug-likeness (QED) is 0.574. The molecular weight excluding hydrogens is 354 g/mol. The highest BCUT2D eigenvalue weighted by atomic mass is 32.2. The number of aromatic nitrogens is 2. The average molecular weight is 382 g/mol. The molecule has 0 spiro atoms. The molecular formula is C22H27N3OS. The molecule has 1 aliphatic heterocycles. The smallest absolute Gasteiger partial charge is 0.233 e. The van der Waals surface area contributed by atoms with E-state index in [4.69, 9.17) is 0 Å². The van der Waals surface area contributed by atoms with Crippen molar-refractivity contribution in [2.45, 2.75) is 44.2 Å². The third-order valence-electron chi connectivity index (χ3n) is 5.87. The lowest BCUT2D eigenvalue weighted by Crippen LogP contribution is -2.45. The van der Waals surface area contributed by atoms with Gasteiger partial charge in [0.25, 0.3) is 0 Å². The Morgan fingerprint density at radius 3 is 2.70 bits per heavy atom. The first kappa shape index (κ1) is 18.5. The van der Waals surface area contributed by atoms with Crippen molar-refractivity contribution < 1.29 is 4.79 Å². The van der Waals surface area contributed by atoms with Crippen molar-refractivity contribution in [2.24, 2.45) is 11.8 Å². The van der Waals surface area contributed by atoms with E-state index in [2.05, 4.69) is 27.0 Å². The highest BCUT2D eigenvalue weighted by molar-refractivity contribution is 7.99. The number of rotatable bonds is 4. The number of amides is 1. The summed E-state index contributed by atoms with van der Waals surface area (Å²) < 4.78 is 0. The Labute approximate surface area is 165 Å². The molecule has 1 saturated heterocycles. The van der Waals surface area contributed by atoms with Gasteiger partial charge in [-0.15, -0.1) is 0 Å². The van der Waals surface area contributed by atoms with E-state index >= 15 is 0 Å². The van der Waals surface area contributed by atoms with Crippen molar-refractivity contribution in [3.05, 3.63) is 42.1 Å². The predicted molar refractivity (Wildman–Crippen MR) is 110 cm³/mol. The minimum atomic E-state index is 0.232. The van der Waals surface area contributed by atoms with Gasteiger partial charge in [0, 0.05) is 24.3 Å². The Bertz CT molecular complexity index is 795. The zero-order valence-corrected chi connectivity index (χ0v) is 16.8. The summed E-state index contributed by atoms with van der Waals surface area (Å²) in [5.41, 5.74) is 2.93. The van der Waals surface area contributed by atoms with Crippen LogP contribution in [0.15, 0.2) is 41.6 Å². The van der Waals surface area contributed by atoms with Crippen LogP contribution in [0.2, 0.25) is 0 Å². The molecule has 4 nitrogen and oxygen atoms in total. The van der Waals surface area contributed by atoms with Gasteiger partial charge in [-0.3, -0.25) is 4.79 Å². The lowest BCUT2D eigenvalue weighted by atomic mass is 9.75. The first-order chi connectivity index (χ1) is 13.2. The number of likely N-dealkylation sites (tertiary alicyclic amines) is 1. The molecule has 4 rings (SSSR count). The van der Waals surface area contributed by atoms with E-state index < -0.39 is 0 Å². The fourth-order valence-electron chi connectivity index (χ4n) is 4.41. The lowest BCUT2D eigenvalue weighted by molar-refractivity contribution is -0.131. The molecule has 2 heterocycles. The molecule has 1 aromatic heterocycles. The van der Waals surface area contributed by atoms with E-state index in [1.165, 1.54) is 43.9 Å². The Kier molecular flexibility index (Phi) is 5.77. The molecule has 142 valence electrons. The van der Waals surface area contributed by atoms with Crippen molar-refractivity contribution in [3.63, 3.8) is 0 Å². The highest BCUT2D eigenvalue weighted by Gasteiger charge is 2.32. The van der Waals surface area contributed by atoms with Gasteiger partial charge in [-0.2, -0.15) is 0 Å². The van der Waals surface area contributed by atoms with Gasteiger partial charge in [0.2, 0.25) is 5.91 Å². The largest absolute Gasteiger partial charge is 0.342 e. The Balaban J connectivity index is 1.38. The van der Waals surface area contributed by atoms with Crippen molar-refractivity contribution >= 4 is 17.7 Å². The van der Waals surface area contributed by atoms with Crippen LogP contribution in [0.1, 0.15) is 37.8 Å². The number of thioether (sulfide) groups is 1. The summed E-state index contributed by atoms with van der Waals surface area (Å²) in [4.78, 5) is 24.0. The number of benzene rings is 1. The van der Waals surface area contributed by atoms with Crippen LogP contribution in [0.3, 0.4) is 0 Å². The van der Waals surface area contributed by atoms with Gasteiger partial charge in [-0.1, -0.05) is 61.4 Å². The second-order valence-electron chi connectivity index (χ2n) is 7.76. The second kappa shape index (κ2) is 8.42. The zero-order chi connectivity index (χ0) is 18.6. The van der Waals surface area contributed by atoms with E-state index in [1.54, 1.807) is 0 Å². The van der Waals surface area contributed by atoms with E-state index in [0.29, 0.717) is 10.9 Å². The molecule has 1 saturated carbocycles. The summed E-state index contributed by atoms with van der Waals surface area (Å²) in [6.07, 6.45) is 6.54. The third kappa shape index (κ3) is 4.52. The van der Waals surface area contributed by atoms with E-state index in [0.717, 1.165) is 41.9 Å². The summed E-state index contributed by atoms with van der Waals surface area (Å²) in [6.45, 7) is 3.85. The number of hydrogen-bond donors (Lipinski definition) is 0. The number of fused-ring (bicyclic) bond motifs is 1. The summed E-state index contributed by atoms with van der Waals surface area (Å²) in [5, 5.41) is 0.690. The van der Waals surface area contributed by atoms with Gasteiger partial charge in [-0.25, -0.2) is 9.97 Å². The Morgan fingerprint density at radius 2 is 1.89 bits per heavy atom. The fourth-order valence-corrected chi connectivity index (χ4v) is 5.21. The first-order valence-electron chi connectivity index (χ1n) is 10.0. The van der Waals surface area contributed by atoms with Crippen molar-refractivity contribution in [3.8, 4) is 11.3 Å². The molecule has 0 radical (unpaired) electrons. The minimum Gasteiger partial charge on any atom is -0.342 e. The number of carbonyl (C=O) groups excluding carboxylic acids is 1. The van der Waals surface area contributed by atoms with Gasteiger partial charge in [0.15, 0.2) is 5.16 Å². The van der Waals surface area contributed by atoms with Gasteiger partial charge < -0.3 is 4.90 Å². The summed E-state index contributed by atoms with van der Waals surface area (Å²) >= 11 is 1.46. The minimum absolute atomic E-state index is 0.232. The molecule has 5 heteroatoms. The Hall–Kier alpha value is -1.88. The number of piperidine rings is 1. The maximum atomic E-state index is 12.7. The molecule has 2 atom stereocenters. The summed E-state index contributed by atoms with van der Waals surface area (Å²) in [7, 11) is 0. The van der Waals surface area contributed by atoms with Gasteiger partial charge in [-0.05, 0) is 37.7 Å². The topological polar surface area (TPSA) is 46.1 Å². The number of nitrogens with zero attached hydrogens (tertiary/aromatic N) is 3. The average Bonchev–Trinajstić information content (AvgIpc) is 2.72. The van der Waals surface area contributed by atoms with E-state index in [9.17, 15) is 4.79 Å². The molecule has 1 aliphatic carbocycles. The molecule has 27 heavy (non-hydrogen) atoms. The molecule has 1 aromatic carbocycles. The summed E-state index contributed by atoms with van der Waals surface area (Å²) in [5.74, 6) is 2.23. The van der Waals surface area contributed by atoms with Crippen LogP contribution in [0.5, 0.6) is 0 Å². The van der Waals surface area contributed by atoms with Crippen LogP contribution < -0.4 is 0 Å². The molecule has 2 aliphatic rings. The molecule has 2 aromatic rings. The van der Waals surface area contributed by atoms with Crippen molar-refractivity contribution in [1.29, 1.82) is 0 Å². The van der Waals surface area contributed by atoms with Crippen LogP contribution in [0, 0.1) is 18.8 Å². The van der Waals surface area contributed by atoms with Crippen molar-refractivity contribution in [1.82, 2.24) is 14.9 Å². The SMILES string of the molecule is Cc1cc(-c2ccccc2)nc(SCC(=O)N2CC[C@H]3CCCC[C@H]3C2)n1. The summed E-state index contributed by atoms with van der Waals surface area (Å²) in [6, 6.07) is 12.1. The number of aryl methyl sites for hydroxylation is 1. The molecule has 2 fully saturated rings. The first-order valence-corrected chi connectivity index (χ1v) is 11.0. The number of hydrogen-bond acceptors (Lipinski definition) is 4. The maximum absolute atomic E-state index is 12.7. The van der Waals surface area contributed by atoms with Crippen LogP contribution in [-0.2, 0) is 4.79 Å². The van der Waals surface area contributed by atoms with Crippen molar-refractivity contribution in [2.75, 3.05) is 18.8 Å². The number of carbonyl (C=O) groups is 1. The van der Waals surface area contributed by atoms with Crippen LogP contribution in [0.25, 0.3) is 11.3 Å². The normalized spacial score (nSPS) is 22.3. The van der Waals surface area contributed by atoms with Crippen LogP contribution >= 0.6 is 11.8 Å². The van der Waals surface area contributed by atoms with Gasteiger partial charge in [0.05, 0.1) is 11.4 Å². The molecule has 0 N–H and O–H groups in total. The van der Waals surface area contributed by atoms with E-state index in [1.807, 2.05) is 31.2 Å². The zero-order valence-electron chi connectivity index (χ0n) is 15.9. The highest BCUT2D eigenvalue weighted by Crippen LogP contribution is 2.36. The van der Waals surface area contributed by atoms with Gasteiger partial charge in [0.1, 0.15) is 0 Å². The lowest BCUT2D eigenvalue weighted by Gasteiger charge is -2.41.